The fourth-order valence-electron chi connectivity index (χ4n) is 2.91. The lowest BCUT2D eigenvalue weighted by molar-refractivity contribution is -0.0295. The second kappa shape index (κ2) is 7.62. The summed E-state index contributed by atoms with van der Waals surface area (Å²) in [6, 6.07) is 8.87. The molecule has 2 unspecified atom stereocenters. The van der Waals surface area contributed by atoms with Crippen LogP contribution in [-0.2, 0) is 4.74 Å². The lowest BCUT2D eigenvalue weighted by Gasteiger charge is -2.40. The van der Waals surface area contributed by atoms with Crippen molar-refractivity contribution in [2.24, 2.45) is 5.73 Å². The van der Waals surface area contributed by atoms with Crippen molar-refractivity contribution in [3.05, 3.63) is 29.8 Å². The van der Waals surface area contributed by atoms with Gasteiger partial charge in [0.15, 0.2) is 0 Å². The van der Waals surface area contributed by atoms with Crippen LogP contribution in [0.4, 0.5) is 0 Å². The fourth-order valence-corrected chi connectivity index (χ4v) is 2.91. The topological polar surface area (TPSA) is 47.7 Å². The molecule has 0 saturated carbocycles. The number of hydrogen-bond donors (Lipinski definition) is 1. The van der Waals surface area contributed by atoms with E-state index in [9.17, 15) is 0 Å². The fraction of sp³-hybridized carbons (Fsp3) is 0.625. The highest BCUT2D eigenvalue weighted by Crippen LogP contribution is 2.31. The Balaban J connectivity index is 2.26. The summed E-state index contributed by atoms with van der Waals surface area (Å²) in [6.07, 6.45) is 1.08. The van der Waals surface area contributed by atoms with Crippen LogP contribution >= 0.6 is 0 Å². The van der Waals surface area contributed by atoms with Gasteiger partial charge in [0, 0.05) is 24.7 Å². The first kappa shape index (κ1) is 15.3. The Morgan fingerprint density at radius 1 is 1.40 bits per heavy atom. The number of morpholine rings is 1. The predicted molar refractivity (Wildman–Crippen MR) is 81.0 cm³/mol. The molecule has 0 amide bonds. The first-order chi connectivity index (χ1) is 9.81. The lowest BCUT2D eigenvalue weighted by Crippen LogP contribution is -2.48. The Morgan fingerprint density at radius 2 is 2.20 bits per heavy atom. The minimum Gasteiger partial charge on any atom is -0.494 e. The molecule has 1 fully saturated rings. The van der Waals surface area contributed by atoms with Crippen LogP contribution in [0, 0.1) is 0 Å². The highest BCUT2D eigenvalue weighted by Gasteiger charge is 2.30. The maximum absolute atomic E-state index is 6.08. The molecule has 1 aromatic rings. The summed E-state index contributed by atoms with van der Waals surface area (Å²) in [6.45, 7) is 8.00. The summed E-state index contributed by atoms with van der Waals surface area (Å²) in [5.74, 6) is 0.951. The molecular formula is C16H26N2O2. The van der Waals surface area contributed by atoms with E-state index in [0.29, 0.717) is 19.2 Å². The molecule has 0 radical (unpaired) electrons. The lowest BCUT2D eigenvalue weighted by atomic mass is 10.0. The predicted octanol–water partition coefficient (Wildman–Crippen LogP) is 2.20. The molecule has 0 aliphatic carbocycles. The molecule has 1 aromatic carbocycles. The van der Waals surface area contributed by atoms with Crippen LogP contribution in [0.3, 0.4) is 0 Å². The van der Waals surface area contributed by atoms with Gasteiger partial charge in [-0.25, -0.2) is 0 Å². The molecule has 4 heteroatoms. The highest BCUT2D eigenvalue weighted by atomic mass is 16.5. The SMILES string of the molecule is CCOc1ccccc1C(CN)N1CCOCC1CC. The number of rotatable bonds is 6. The molecule has 4 nitrogen and oxygen atoms in total. The van der Waals surface area contributed by atoms with Gasteiger partial charge in [-0.1, -0.05) is 25.1 Å². The average molecular weight is 278 g/mol. The standard InChI is InChI=1S/C16H26N2O2/c1-3-13-12-19-10-9-18(13)15(11-17)14-7-5-6-8-16(14)20-4-2/h5-8,13,15H,3-4,9-12,17H2,1-2H3. The summed E-state index contributed by atoms with van der Waals surface area (Å²) in [5.41, 5.74) is 7.27. The minimum atomic E-state index is 0.201. The van der Waals surface area contributed by atoms with Crippen LogP contribution in [0.15, 0.2) is 24.3 Å². The molecule has 0 bridgehead atoms. The Hall–Kier alpha value is -1.10. The first-order valence-electron chi connectivity index (χ1n) is 7.57. The van der Waals surface area contributed by atoms with Crippen molar-refractivity contribution < 1.29 is 9.47 Å². The summed E-state index contributed by atoms with van der Waals surface area (Å²) in [5, 5.41) is 0. The van der Waals surface area contributed by atoms with E-state index in [-0.39, 0.29) is 6.04 Å². The molecule has 20 heavy (non-hydrogen) atoms. The third-order valence-corrected chi connectivity index (χ3v) is 3.95. The number of benzene rings is 1. The molecule has 0 aromatic heterocycles. The molecule has 1 heterocycles. The summed E-state index contributed by atoms with van der Waals surface area (Å²) < 4.78 is 11.4. The van der Waals surface area contributed by atoms with E-state index in [4.69, 9.17) is 15.2 Å². The maximum Gasteiger partial charge on any atom is 0.124 e. The number of nitrogens with zero attached hydrogens (tertiary/aromatic N) is 1. The zero-order chi connectivity index (χ0) is 14.4. The second-order valence-electron chi connectivity index (χ2n) is 5.10. The van der Waals surface area contributed by atoms with E-state index in [1.165, 1.54) is 5.56 Å². The van der Waals surface area contributed by atoms with Gasteiger partial charge in [-0.05, 0) is 19.4 Å². The molecule has 2 rings (SSSR count). The zero-order valence-electron chi connectivity index (χ0n) is 12.5. The van der Waals surface area contributed by atoms with Crippen molar-refractivity contribution in [3.63, 3.8) is 0 Å². The van der Waals surface area contributed by atoms with Gasteiger partial charge < -0.3 is 15.2 Å². The Bertz CT molecular complexity index is 411. The van der Waals surface area contributed by atoms with Crippen molar-refractivity contribution in [1.82, 2.24) is 4.90 Å². The van der Waals surface area contributed by atoms with Gasteiger partial charge in [0.05, 0.1) is 25.9 Å². The van der Waals surface area contributed by atoms with E-state index in [2.05, 4.69) is 24.0 Å². The number of para-hydroxylation sites is 1. The molecule has 1 saturated heterocycles. The van der Waals surface area contributed by atoms with E-state index in [0.717, 1.165) is 31.9 Å². The van der Waals surface area contributed by atoms with Gasteiger partial charge in [-0.3, -0.25) is 4.90 Å². The van der Waals surface area contributed by atoms with Gasteiger partial charge in [-0.2, -0.15) is 0 Å². The molecule has 0 spiro atoms. The van der Waals surface area contributed by atoms with E-state index >= 15 is 0 Å². The summed E-state index contributed by atoms with van der Waals surface area (Å²) in [7, 11) is 0. The third-order valence-electron chi connectivity index (χ3n) is 3.95. The van der Waals surface area contributed by atoms with Crippen LogP contribution in [0.5, 0.6) is 5.75 Å². The number of hydrogen-bond acceptors (Lipinski definition) is 4. The van der Waals surface area contributed by atoms with Gasteiger partial charge in [0.2, 0.25) is 0 Å². The first-order valence-corrected chi connectivity index (χ1v) is 7.57. The van der Waals surface area contributed by atoms with Gasteiger partial charge >= 0.3 is 0 Å². The van der Waals surface area contributed by atoms with Crippen LogP contribution < -0.4 is 10.5 Å². The maximum atomic E-state index is 6.08. The normalized spacial score (nSPS) is 21.6. The Kier molecular flexibility index (Phi) is 5.83. The van der Waals surface area contributed by atoms with Gasteiger partial charge in [0.1, 0.15) is 5.75 Å². The largest absolute Gasteiger partial charge is 0.494 e. The molecule has 2 atom stereocenters. The monoisotopic (exact) mass is 278 g/mol. The van der Waals surface area contributed by atoms with Crippen LogP contribution in [0.1, 0.15) is 31.9 Å². The smallest absolute Gasteiger partial charge is 0.124 e. The van der Waals surface area contributed by atoms with Crippen LogP contribution in [0.2, 0.25) is 0 Å². The summed E-state index contributed by atoms with van der Waals surface area (Å²) in [4.78, 5) is 2.47. The van der Waals surface area contributed by atoms with Crippen LogP contribution in [-0.4, -0.2) is 43.9 Å². The molecular weight excluding hydrogens is 252 g/mol. The van der Waals surface area contributed by atoms with Crippen molar-refractivity contribution in [1.29, 1.82) is 0 Å². The quantitative estimate of drug-likeness (QED) is 0.866. The average Bonchev–Trinajstić information content (AvgIpc) is 2.50. The van der Waals surface area contributed by atoms with E-state index in [1.54, 1.807) is 0 Å². The molecule has 112 valence electrons. The number of nitrogens with two attached hydrogens (primary N) is 1. The van der Waals surface area contributed by atoms with Crippen molar-refractivity contribution in [2.45, 2.75) is 32.4 Å². The summed E-state index contributed by atoms with van der Waals surface area (Å²) >= 11 is 0. The molecule has 2 N–H and O–H groups in total. The van der Waals surface area contributed by atoms with Crippen molar-refractivity contribution in [3.8, 4) is 5.75 Å². The van der Waals surface area contributed by atoms with E-state index < -0.39 is 0 Å². The third kappa shape index (κ3) is 3.32. The van der Waals surface area contributed by atoms with Gasteiger partial charge in [0.25, 0.3) is 0 Å². The Morgan fingerprint density at radius 3 is 2.90 bits per heavy atom. The van der Waals surface area contributed by atoms with Crippen molar-refractivity contribution >= 4 is 0 Å². The highest BCUT2D eigenvalue weighted by molar-refractivity contribution is 5.36. The van der Waals surface area contributed by atoms with Crippen molar-refractivity contribution in [2.75, 3.05) is 32.9 Å². The minimum absolute atomic E-state index is 0.201. The Labute approximate surface area is 121 Å². The van der Waals surface area contributed by atoms with E-state index in [1.807, 2.05) is 19.1 Å². The second-order valence-corrected chi connectivity index (χ2v) is 5.10. The van der Waals surface area contributed by atoms with Gasteiger partial charge in [-0.15, -0.1) is 0 Å². The number of ether oxygens (including phenoxy) is 2. The zero-order valence-corrected chi connectivity index (χ0v) is 12.5. The van der Waals surface area contributed by atoms with Crippen LogP contribution in [0.25, 0.3) is 0 Å². The molecule has 1 aliphatic heterocycles. The molecule has 1 aliphatic rings.